The summed E-state index contributed by atoms with van der Waals surface area (Å²) in [4.78, 5) is 0. The van der Waals surface area contributed by atoms with Crippen molar-refractivity contribution in [2.45, 2.75) is 45.7 Å². The fourth-order valence-electron chi connectivity index (χ4n) is 2.68. The first-order valence-corrected chi connectivity index (χ1v) is 6.38. The molecule has 3 unspecified atom stereocenters. The van der Waals surface area contributed by atoms with Crippen LogP contribution in [-0.4, -0.2) is 15.8 Å². The van der Waals surface area contributed by atoms with E-state index in [9.17, 15) is 0 Å². The maximum absolute atomic E-state index is 4.19. The van der Waals surface area contributed by atoms with Crippen molar-refractivity contribution in [3.63, 3.8) is 0 Å². The Kier molecular flexibility index (Phi) is 3.64. The van der Waals surface area contributed by atoms with Gasteiger partial charge in [0.25, 0.3) is 0 Å². The van der Waals surface area contributed by atoms with E-state index in [0.717, 1.165) is 18.4 Å². The van der Waals surface area contributed by atoms with Crippen molar-refractivity contribution in [1.82, 2.24) is 15.1 Å². The molecule has 1 saturated carbocycles. The van der Waals surface area contributed by atoms with E-state index in [2.05, 4.69) is 30.3 Å². The van der Waals surface area contributed by atoms with E-state index >= 15 is 0 Å². The van der Waals surface area contributed by atoms with Crippen molar-refractivity contribution in [1.29, 1.82) is 0 Å². The van der Waals surface area contributed by atoms with Crippen LogP contribution in [-0.2, 0) is 13.6 Å². The lowest BCUT2D eigenvalue weighted by atomic mass is 9.78. The highest BCUT2D eigenvalue weighted by molar-refractivity contribution is 5.00. The number of aromatic nitrogens is 2. The van der Waals surface area contributed by atoms with Crippen LogP contribution in [0.2, 0.25) is 0 Å². The van der Waals surface area contributed by atoms with Crippen molar-refractivity contribution in [2.75, 3.05) is 0 Å². The van der Waals surface area contributed by atoms with Crippen LogP contribution in [0.25, 0.3) is 0 Å². The zero-order chi connectivity index (χ0) is 11.5. The van der Waals surface area contributed by atoms with Gasteiger partial charge in [-0.2, -0.15) is 5.10 Å². The molecule has 3 nitrogen and oxygen atoms in total. The highest BCUT2D eigenvalue weighted by Gasteiger charge is 2.26. The van der Waals surface area contributed by atoms with E-state index in [4.69, 9.17) is 0 Å². The van der Waals surface area contributed by atoms with E-state index in [1.165, 1.54) is 25.0 Å². The molecule has 16 heavy (non-hydrogen) atoms. The van der Waals surface area contributed by atoms with Gasteiger partial charge in [0, 0.05) is 25.8 Å². The van der Waals surface area contributed by atoms with E-state index < -0.39 is 0 Å². The van der Waals surface area contributed by atoms with Crippen molar-refractivity contribution in [3.05, 3.63) is 18.0 Å². The average Bonchev–Trinajstić information content (AvgIpc) is 2.67. The second-order valence-electron chi connectivity index (χ2n) is 5.20. The van der Waals surface area contributed by atoms with Crippen LogP contribution in [0.3, 0.4) is 0 Å². The molecule has 0 saturated heterocycles. The molecule has 0 amide bonds. The lowest BCUT2D eigenvalue weighted by Gasteiger charge is -2.34. The summed E-state index contributed by atoms with van der Waals surface area (Å²) in [5.41, 5.74) is 1.27. The molecule has 2 rings (SSSR count). The number of nitrogens with one attached hydrogen (secondary N) is 1. The molecule has 1 aromatic heterocycles. The lowest BCUT2D eigenvalue weighted by molar-refractivity contribution is 0.205. The first-order chi connectivity index (χ1) is 7.68. The Hall–Kier alpha value is -0.830. The van der Waals surface area contributed by atoms with Crippen LogP contribution < -0.4 is 5.32 Å². The predicted molar refractivity (Wildman–Crippen MR) is 66.0 cm³/mol. The topological polar surface area (TPSA) is 29.9 Å². The fourth-order valence-corrected chi connectivity index (χ4v) is 2.68. The van der Waals surface area contributed by atoms with Crippen LogP contribution in [0, 0.1) is 11.8 Å². The van der Waals surface area contributed by atoms with E-state index in [0.29, 0.717) is 6.04 Å². The Balaban J connectivity index is 1.88. The summed E-state index contributed by atoms with van der Waals surface area (Å²) >= 11 is 0. The van der Waals surface area contributed by atoms with Gasteiger partial charge < -0.3 is 5.32 Å². The monoisotopic (exact) mass is 221 g/mol. The molecule has 1 N–H and O–H groups in total. The van der Waals surface area contributed by atoms with Gasteiger partial charge in [-0.15, -0.1) is 0 Å². The van der Waals surface area contributed by atoms with E-state index in [1.54, 1.807) is 0 Å². The van der Waals surface area contributed by atoms with Gasteiger partial charge in [-0.1, -0.05) is 26.7 Å². The summed E-state index contributed by atoms with van der Waals surface area (Å²) in [7, 11) is 2.00. The SMILES string of the molecule is CC1CCCC(NCc2ccnn2C)C1C. The largest absolute Gasteiger partial charge is 0.308 e. The normalized spacial score (nSPS) is 30.6. The van der Waals surface area contributed by atoms with Crippen LogP contribution in [0.5, 0.6) is 0 Å². The van der Waals surface area contributed by atoms with Crippen molar-refractivity contribution >= 4 is 0 Å². The van der Waals surface area contributed by atoms with Crippen molar-refractivity contribution in [2.24, 2.45) is 18.9 Å². The molecule has 0 aliphatic heterocycles. The highest BCUT2D eigenvalue weighted by Crippen LogP contribution is 2.29. The summed E-state index contributed by atoms with van der Waals surface area (Å²) < 4.78 is 1.95. The molecule has 0 spiro atoms. The molecule has 0 aromatic carbocycles. The van der Waals surface area contributed by atoms with Crippen molar-refractivity contribution in [3.8, 4) is 0 Å². The Morgan fingerprint density at radius 2 is 2.25 bits per heavy atom. The standard InChI is InChI=1S/C13H23N3/c1-10-5-4-6-13(11(10)2)14-9-12-7-8-15-16(12)3/h7-8,10-11,13-14H,4-6,9H2,1-3H3. The maximum atomic E-state index is 4.19. The van der Waals surface area contributed by atoms with Gasteiger partial charge in [-0.05, 0) is 24.3 Å². The van der Waals surface area contributed by atoms with Gasteiger partial charge >= 0.3 is 0 Å². The highest BCUT2D eigenvalue weighted by atomic mass is 15.3. The zero-order valence-corrected chi connectivity index (χ0v) is 10.6. The Morgan fingerprint density at radius 3 is 2.94 bits per heavy atom. The molecule has 3 heteroatoms. The second-order valence-corrected chi connectivity index (χ2v) is 5.20. The van der Waals surface area contributed by atoms with Crippen LogP contribution in [0.4, 0.5) is 0 Å². The molecule has 1 fully saturated rings. The number of hydrogen-bond acceptors (Lipinski definition) is 2. The minimum absolute atomic E-state index is 0.679. The summed E-state index contributed by atoms with van der Waals surface area (Å²) in [5, 5.41) is 7.88. The molecule has 1 aliphatic carbocycles. The quantitative estimate of drug-likeness (QED) is 0.849. The maximum Gasteiger partial charge on any atom is 0.0518 e. The van der Waals surface area contributed by atoms with Crippen LogP contribution in [0.15, 0.2) is 12.3 Å². The molecular weight excluding hydrogens is 198 g/mol. The van der Waals surface area contributed by atoms with Gasteiger partial charge in [-0.25, -0.2) is 0 Å². The fraction of sp³-hybridized carbons (Fsp3) is 0.769. The first-order valence-electron chi connectivity index (χ1n) is 6.38. The smallest absolute Gasteiger partial charge is 0.0518 e. The van der Waals surface area contributed by atoms with Gasteiger partial charge in [0.15, 0.2) is 0 Å². The number of hydrogen-bond donors (Lipinski definition) is 1. The van der Waals surface area contributed by atoms with Gasteiger partial charge in [0.2, 0.25) is 0 Å². The summed E-state index contributed by atoms with van der Waals surface area (Å²) in [6.45, 7) is 5.70. The molecule has 1 aromatic rings. The van der Waals surface area contributed by atoms with Gasteiger partial charge in [-0.3, -0.25) is 4.68 Å². The summed E-state index contributed by atoms with van der Waals surface area (Å²) in [6.07, 6.45) is 5.95. The lowest BCUT2D eigenvalue weighted by Crippen LogP contribution is -2.40. The summed E-state index contributed by atoms with van der Waals surface area (Å²) in [5.74, 6) is 1.65. The Bertz CT molecular complexity index is 332. The number of nitrogens with zero attached hydrogens (tertiary/aromatic N) is 2. The number of rotatable bonds is 3. The average molecular weight is 221 g/mol. The van der Waals surface area contributed by atoms with Gasteiger partial charge in [0.05, 0.1) is 5.69 Å². The third kappa shape index (κ3) is 2.46. The Morgan fingerprint density at radius 1 is 1.44 bits per heavy atom. The van der Waals surface area contributed by atoms with E-state index in [1.807, 2.05) is 17.9 Å². The van der Waals surface area contributed by atoms with E-state index in [-0.39, 0.29) is 0 Å². The molecular formula is C13H23N3. The number of aryl methyl sites for hydroxylation is 1. The Labute approximate surface area is 98.2 Å². The molecule has 1 heterocycles. The molecule has 90 valence electrons. The predicted octanol–water partition coefficient (Wildman–Crippen LogP) is 2.33. The second kappa shape index (κ2) is 5.00. The first kappa shape index (κ1) is 11.6. The minimum Gasteiger partial charge on any atom is -0.308 e. The van der Waals surface area contributed by atoms with Crippen molar-refractivity contribution < 1.29 is 0 Å². The summed E-state index contributed by atoms with van der Waals surface area (Å²) in [6, 6.07) is 2.77. The molecule has 0 bridgehead atoms. The third-order valence-corrected chi connectivity index (χ3v) is 4.17. The zero-order valence-electron chi connectivity index (χ0n) is 10.6. The molecule has 0 radical (unpaired) electrons. The van der Waals surface area contributed by atoms with Gasteiger partial charge in [0.1, 0.15) is 0 Å². The molecule has 1 aliphatic rings. The minimum atomic E-state index is 0.679. The van der Waals surface area contributed by atoms with Crippen LogP contribution in [0.1, 0.15) is 38.8 Å². The molecule has 3 atom stereocenters. The van der Waals surface area contributed by atoms with Crippen LogP contribution >= 0.6 is 0 Å². The third-order valence-electron chi connectivity index (χ3n) is 4.17.